The summed E-state index contributed by atoms with van der Waals surface area (Å²) in [5, 5.41) is 6.10. The molecule has 0 bridgehead atoms. The van der Waals surface area contributed by atoms with E-state index in [1.165, 1.54) is 0 Å². The number of carbonyl (C=O) groups excluding carboxylic acids is 1. The predicted octanol–water partition coefficient (Wildman–Crippen LogP) is 2.77. The van der Waals surface area contributed by atoms with E-state index in [9.17, 15) is 4.79 Å². The van der Waals surface area contributed by atoms with E-state index < -0.39 is 0 Å². The first-order valence-electron chi connectivity index (χ1n) is 7.29. The van der Waals surface area contributed by atoms with E-state index in [1.54, 1.807) is 0 Å². The van der Waals surface area contributed by atoms with Gasteiger partial charge in [0.15, 0.2) is 0 Å². The number of anilines is 2. The Morgan fingerprint density at radius 1 is 1.33 bits per heavy atom. The Bertz CT molecular complexity index is 479. The number of hydrogen-bond acceptors (Lipinski definition) is 4. The number of ether oxygens (including phenoxy) is 1. The van der Waals surface area contributed by atoms with Crippen LogP contribution in [0, 0.1) is 0 Å². The molecule has 5 nitrogen and oxygen atoms in total. The van der Waals surface area contributed by atoms with Crippen molar-refractivity contribution in [2.75, 3.05) is 17.6 Å². The van der Waals surface area contributed by atoms with Gasteiger partial charge in [0, 0.05) is 18.5 Å². The zero-order valence-electron chi connectivity index (χ0n) is 13.6. The summed E-state index contributed by atoms with van der Waals surface area (Å²) < 4.78 is 5.63. The van der Waals surface area contributed by atoms with Gasteiger partial charge in [0.2, 0.25) is 5.91 Å². The maximum atomic E-state index is 11.7. The fourth-order valence-corrected chi connectivity index (χ4v) is 1.85. The minimum absolute atomic E-state index is 0.0168. The normalized spacial score (nSPS) is 11.3. The van der Waals surface area contributed by atoms with Gasteiger partial charge in [0.25, 0.3) is 0 Å². The fourth-order valence-electron chi connectivity index (χ4n) is 1.85. The minimum Gasteiger partial charge on any atom is -0.489 e. The van der Waals surface area contributed by atoms with E-state index >= 15 is 0 Å². The van der Waals surface area contributed by atoms with Crippen LogP contribution >= 0.6 is 0 Å². The van der Waals surface area contributed by atoms with E-state index in [-0.39, 0.29) is 17.6 Å². The lowest BCUT2D eigenvalue weighted by molar-refractivity contribution is -0.122. The topological polar surface area (TPSA) is 76.4 Å². The second-order valence-corrected chi connectivity index (χ2v) is 6.36. The fraction of sp³-hybridized carbons (Fsp3) is 0.562. The first-order chi connectivity index (χ1) is 9.69. The molecule has 1 aromatic rings. The molecule has 1 amide bonds. The molecular weight excluding hydrogens is 266 g/mol. The monoisotopic (exact) mass is 293 g/mol. The number of hydrogen-bond donors (Lipinski definition) is 3. The number of benzene rings is 1. The van der Waals surface area contributed by atoms with Gasteiger partial charge >= 0.3 is 0 Å². The number of nitrogens with one attached hydrogen (secondary N) is 2. The van der Waals surface area contributed by atoms with Crippen LogP contribution in [0.3, 0.4) is 0 Å². The van der Waals surface area contributed by atoms with Crippen molar-refractivity contribution in [1.82, 2.24) is 5.32 Å². The van der Waals surface area contributed by atoms with Crippen LogP contribution in [0.25, 0.3) is 0 Å². The Labute approximate surface area is 127 Å². The third-order valence-electron chi connectivity index (χ3n) is 2.61. The average molecular weight is 293 g/mol. The molecule has 118 valence electrons. The minimum atomic E-state index is -0.207. The molecule has 0 aliphatic carbocycles. The number of para-hydroxylation sites is 1. The lowest BCUT2D eigenvalue weighted by atomic mass is 10.1. The molecular formula is C16H27N3O2. The van der Waals surface area contributed by atoms with Gasteiger partial charge < -0.3 is 21.1 Å². The van der Waals surface area contributed by atoms with Gasteiger partial charge in [-0.15, -0.1) is 0 Å². The third-order valence-corrected chi connectivity index (χ3v) is 2.61. The Kier molecular flexibility index (Phi) is 5.88. The Balaban J connectivity index is 2.54. The standard InChI is InChI=1S/C16H27N3O2/c1-11(2)21-13-8-6-7-12(15(13)17)18-10-9-14(20)19-16(3,4)5/h6-8,11,18H,9-10,17H2,1-5H3,(H,19,20). The van der Waals surface area contributed by atoms with Crippen LogP contribution in [0.1, 0.15) is 41.0 Å². The lowest BCUT2D eigenvalue weighted by Gasteiger charge is -2.20. The van der Waals surface area contributed by atoms with E-state index in [4.69, 9.17) is 10.5 Å². The summed E-state index contributed by atoms with van der Waals surface area (Å²) in [6, 6.07) is 5.60. The van der Waals surface area contributed by atoms with Crippen LogP contribution in [0.5, 0.6) is 5.75 Å². The number of nitrogens with two attached hydrogens (primary N) is 1. The van der Waals surface area contributed by atoms with Crippen molar-refractivity contribution in [2.45, 2.75) is 52.7 Å². The third kappa shape index (κ3) is 6.38. The van der Waals surface area contributed by atoms with Gasteiger partial charge in [0.05, 0.1) is 17.5 Å². The quantitative estimate of drug-likeness (QED) is 0.705. The molecule has 0 fully saturated rings. The molecule has 0 saturated carbocycles. The van der Waals surface area contributed by atoms with Crippen molar-refractivity contribution < 1.29 is 9.53 Å². The van der Waals surface area contributed by atoms with Gasteiger partial charge in [-0.2, -0.15) is 0 Å². The highest BCUT2D eigenvalue weighted by atomic mass is 16.5. The van der Waals surface area contributed by atoms with Crippen LogP contribution in [-0.2, 0) is 4.79 Å². The molecule has 4 N–H and O–H groups in total. The Hall–Kier alpha value is -1.91. The number of carbonyl (C=O) groups is 1. The molecule has 0 radical (unpaired) electrons. The summed E-state index contributed by atoms with van der Waals surface area (Å²) in [4.78, 5) is 11.7. The first-order valence-corrected chi connectivity index (χ1v) is 7.29. The summed E-state index contributed by atoms with van der Waals surface area (Å²) in [6.45, 7) is 10.3. The van der Waals surface area contributed by atoms with Crippen LogP contribution in [-0.4, -0.2) is 24.1 Å². The highest BCUT2D eigenvalue weighted by Gasteiger charge is 2.13. The first kappa shape index (κ1) is 17.1. The molecule has 1 aromatic carbocycles. The van der Waals surface area contributed by atoms with E-state index in [0.29, 0.717) is 24.4 Å². The molecule has 0 aliphatic rings. The van der Waals surface area contributed by atoms with E-state index in [1.807, 2.05) is 52.8 Å². The van der Waals surface area contributed by atoms with Crippen LogP contribution < -0.4 is 21.1 Å². The molecule has 21 heavy (non-hydrogen) atoms. The van der Waals surface area contributed by atoms with Crippen molar-refractivity contribution in [3.63, 3.8) is 0 Å². The Morgan fingerprint density at radius 3 is 2.57 bits per heavy atom. The van der Waals surface area contributed by atoms with Crippen LogP contribution in [0.4, 0.5) is 11.4 Å². The van der Waals surface area contributed by atoms with Crippen LogP contribution in [0.15, 0.2) is 18.2 Å². The molecule has 1 rings (SSSR count). The van der Waals surface area contributed by atoms with Crippen LogP contribution in [0.2, 0.25) is 0 Å². The van der Waals surface area contributed by atoms with E-state index in [0.717, 1.165) is 5.69 Å². The summed E-state index contributed by atoms with van der Waals surface area (Å²) in [6.07, 6.45) is 0.464. The molecule has 0 aromatic heterocycles. The largest absolute Gasteiger partial charge is 0.489 e. The molecule has 0 spiro atoms. The molecule has 0 heterocycles. The average Bonchev–Trinajstić information content (AvgIpc) is 2.31. The van der Waals surface area contributed by atoms with Gasteiger partial charge in [-0.05, 0) is 46.8 Å². The van der Waals surface area contributed by atoms with Gasteiger partial charge in [-0.1, -0.05) is 6.07 Å². The number of nitrogen functional groups attached to an aromatic ring is 1. The van der Waals surface area contributed by atoms with Crippen molar-refractivity contribution >= 4 is 17.3 Å². The summed E-state index contributed by atoms with van der Waals surface area (Å²) in [7, 11) is 0. The second-order valence-electron chi connectivity index (χ2n) is 6.36. The van der Waals surface area contributed by atoms with Crippen molar-refractivity contribution in [3.05, 3.63) is 18.2 Å². The number of amides is 1. The SMILES string of the molecule is CC(C)Oc1cccc(NCCC(=O)NC(C)(C)C)c1N. The zero-order valence-corrected chi connectivity index (χ0v) is 13.6. The molecule has 0 aliphatic heterocycles. The maximum Gasteiger partial charge on any atom is 0.222 e. The smallest absolute Gasteiger partial charge is 0.222 e. The second kappa shape index (κ2) is 7.20. The molecule has 5 heteroatoms. The van der Waals surface area contributed by atoms with Gasteiger partial charge in [-0.25, -0.2) is 0 Å². The molecule has 0 unspecified atom stereocenters. The van der Waals surface area contributed by atoms with E-state index in [2.05, 4.69) is 10.6 Å². The highest BCUT2D eigenvalue weighted by molar-refractivity contribution is 5.78. The van der Waals surface area contributed by atoms with Gasteiger partial charge in [-0.3, -0.25) is 4.79 Å². The number of rotatable bonds is 6. The lowest BCUT2D eigenvalue weighted by Crippen LogP contribution is -2.41. The van der Waals surface area contributed by atoms with Crippen molar-refractivity contribution in [3.8, 4) is 5.75 Å². The summed E-state index contributed by atoms with van der Waals surface area (Å²) in [5.41, 5.74) is 7.22. The van der Waals surface area contributed by atoms with Crippen molar-refractivity contribution in [2.24, 2.45) is 0 Å². The highest BCUT2D eigenvalue weighted by Crippen LogP contribution is 2.29. The summed E-state index contributed by atoms with van der Waals surface area (Å²) >= 11 is 0. The summed E-state index contributed by atoms with van der Waals surface area (Å²) in [5.74, 6) is 0.678. The Morgan fingerprint density at radius 2 is 2.00 bits per heavy atom. The maximum absolute atomic E-state index is 11.7. The van der Waals surface area contributed by atoms with Crippen molar-refractivity contribution in [1.29, 1.82) is 0 Å². The van der Waals surface area contributed by atoms with Gasteiger partial charge in [0.1, 0.15) is 5.75 Å². The zero-order chi connectivity index (χ0) is 16.0. The molecule has 0 atom stereocenters. The molecule has 0 saturated heterocycles. The predicted molar refractivity (Wildman–Crippen MR) is 87.6 cm³/mol.